The van der Waals surface area contributed by atoms with Gasteiger partial charge in [0.1, 0.15) is 10.8 Å². The minimum absolute atomic E-state index is 0.00203. The van der Waals surface area contributed by atoms with Crippen molar-refractivity contribution in [1.29, 1.82) is 0 Å². The molecule has 2 N–H and O–H groups in total. The van der Waals surface area contributed by atoms with Gasteiger partial charge in [0.25, 0.3) is 0 Å². The van der Waals surface area contributed by atoms with Gasteiger partial charge in [0.05, 0.1) is 12.8 Å². The van der Waals surface area contributed by atoms with Crippen molar-refractivity contribution in [3.63, 3.8) is 0 Å². The summed E-state index contributed by atoms with van der Waals surface area (Å²) < 4.78 is 0. The van der Waals surface area contributed by atoms with Gasteiger partial charge < -0.3 is 10.4 Å². The lowest BCUT2D eigenvalue weighted by molar-refractivity contribution is 0.281. The van der Waals surface area contributed by atoms with Crippen molar-refractivity contribution in [2.75, 3.05) is 11.9 Å². The molecule has 1 unspecified atom stereocenters. The highest BCUT2D eigenvalue weighted by Gasteiger charge is 2.06. The average Bonchev–Trinajstić information content (AvgIpc) is 2.11. The van der Waals surface area contributed by atoms with E-state index in [0.717, 1.165) is 0 Å². The van der Waals surface area contributed by atoms with Crippen LogP contribution in [-0.2, 0) is 0 Å². The van der Waals surface area contributed by atoms with E-state index in [2.05, 4.69) is 15.3 Å². The molecule has 0 aliphatic carbocycles. The molecular weight excluding hydrogens is 213 g/mol. The van der Waals surface area contributed by atoms with Crippen LogP contribution >= 0.6 is 23.2 Å². The molecule has 0 spiro atoms. The fourth-order valence-corrected chi connectivity index (χ4v) is 1.00. The fourth-order valence-electron chi connectivity index (χ4n) is 0.726. The van der Waals surface area contributed by atoms with Crippen LogP contribution in [0.15, 0.2) is 6.20 Å². The largest absolute Gasteiger partial charge is 0.394 e. The van der Waals surface area contributed by atoms with E-state index in [4.69, 9.17) is 28.3 Å². The number of halogens is 2. The maximum absolute atomic E-state index is 8.77. The van der Waals surface area contributed by atoms with E-state index in [9.17, 15) is 0 Å². The van der Waals surface area contributed by atoms with Crippen LogP contribution in [0.2, 0.25) is 10.3 Å². The Balaban J connectivity index is 2.81. The topological polar surface area (TPSA) is 58.0 Å². The molecule has 4 nitrogen and oxygen atoms in total. The smallest absolute Gasteiger partial charge is 0.224 e. The van der Waals surface area contributed by atoms with Gasteiger partial charge in [-0.3, -0.25) is 0 Å². The Labute approximate surface area is 85.9 Å². The first-order chi connectivity index (χ1) is 6.13. The molecule has 72 valence electrons. The second kappa shape index (κ2) is 4.60. The first-order valence-corrected chi connectivity index (χ1v) is 4.44. The molecule has 0 saturated heterocycles. The lowest BCUT2D eigenvalue weighted by Gasteiger charge is -2.11. The summed E-state index contributed by atoms with van der Waals surface area (Å²) in [6.07, 6.45) is 1.41. The van der Waals surface area contributed by atoms with Gasteiger partial charge >= 0.3 is 0 Å². The van der Waals surface area contributed by atoms with Crippen molar-refractivity contribution in [1.82, 2.24) is 9.97 Å². The lowest BCUT2D eigenvalue weighted by atomic mass is 10.3. The molecule has 0 bridgehead atoms. The zero-order valence-corrected chi connectivity index (χ0v) is 8.47. The van der Waals surface area contributed by atoms with E-state index in [1.807, 2.05) is 0 Å². The number of aliphatic hydroxyl groups excluding tert-OH is 1. The Bertz CT molecular complexity index is 295. The molecule has 0 aliphatic heterocycles. The van der Waals surface area contributed by atoms with Crippen LogP contribution in [0.3, 0.4) is 0 Å². The molecule has 13 heavy (non-hydrogen) atoms. The number of aromatic nitrogens is 2. The number of nitrogens with one attached hydrogen (secondary N) is 1. The predicted molar refractivity (Wildman–Crippen MR) is 52.2 cm³/mol. The summed E-state index contributed by atoms with van der Waals surface area (Å²) in [6.45, 7) is 1.80. The quantitative estimate of drug-likeness (QED) is 0.762. The third kappa shape index (κ3) is 2.99. The SMILES string of the molecule is CC(CO)Nc1nc(Cl)ncc1Cl. The summed E-state index contributed by atoms with van der Waals surface area (Å²) in [7, 11) is 0. The normalized spacial score (nSPS) is 12.6. The highest BCUT2D eigenvalue weighted by atomic mass is 35.5. The molecule has 1 aromatic rings. The van der Waals surface area contributed by atoms with Crippen LogP contribution in [0.1, 0.15) is 6.92 Å². The fraction of sp³-hybridized carbons (Fsp3) is 0.429. The van der Waals surface area contributed by atoms with E-state index >= 15 is 0 Å². The van der Waals surface area contributed by atoms with Gasteiger partial charge in [0, 0.05) is 6.04 Å². The molecule has 0 aliphatic rings. The first-order valence-electron chi connectivity index (χ1n) is 3.69. The van der Waals surface area contributed by atoms with Crippen LogP contribution in [-0.4, -0.2) is 27.7 Å². The molecule has 6 heteroatoms. The third-order valence-corrected chi connectivity index (χ3v) is 1.83. The summed E-state index contributed by atoms with van der Waals surface area (Å²) >= 11 is 11.3. The van der Waals surface area contributed by atoms with Crippen LogP contribution in [0.4, 0.5) is 5.82 Å². The van der Waals surface area contributed by atoms with Gasteiger partial charge in [-0.1, -0.05) is 11.6 Å². The third-order valence-electron chi connectivity index (χ3n) is 1.37. The van der Waals surface area contributed by atoms with E-state index in [-0.39, 0.29) is 17.9 Å². The van der Waals surface area contributed by atoms with E-state index in [0.29, 0.717) is 10.8 Å². The van der Waals surface area contributed by atoms with E-state index in [1.54, 1.807) is 6.92 Å². The Morgan fingerprint density at radius 1 is 1.62 bits per heavy atom. The lowest BCUT2D eigenvalue weighted by Crippen LogP contribution is -2.20. The Morgan fingerprint density at radius 3 is 2.92 bits per heavy atom. The zero-order chi connectivity index (χ0) is 9.84. The van der Waals surface area contributed by atoms with Crippen molar-refractivity contribution in [2.24, 2.45) is 0 Å². The highest BCUT2D eigenvalue weighted by molar-refractivity contribution is 6.33. The molecule has 0 saturated carbocycles. The van der Waals surface area contributed by atoms with Crippen molar-refractivity contribution in [3.8, 4) is 0 Å². The zero-order valence-electron chi connectivity index (χ0n) is 6.96. The maximum atomic E-state index is 8.77. The summed E-state index contributed by atoms with van der Waals surface area (Å²) in [4.78, 5) is 7.55. The summed E-state index contributed by atoms with van der Waals surface area (Å²) in [6, 6.07) is -0.122. The van der Waals surface area contributed by atoms with Crippen LogP contribution in [0.5, 0.6) is 0 Å². The molecule has 0 radical (unpaired) electrons. The molecule has 1 rings (SSSR count). The molecule has 0 amide bonds. The van der Waals surface area contributed by atoms with Crippen LogP contribution in [0.25, 0.3) is 0 Å². The Morgan fingerprint density at radius 2 is 2.31 bits per heavy atom. The number of aliphatic hydroxyl groups is 1. The van der Waals surface area contributed by atoms with Crippen molar-refractivity contribution in [3.05, 3.63) is 16.5 Å². The molecule has 0 fully saturated rings. The van der Waals surface area contributed by atoms with Gasteiger partial charge in [-0.25, -0.2) is 4.98 Å². The van der Waals surface area contributed by atoms with Gasteiger partial charge in [0.15, 0.2) is 0 Å². The van der Waals surface area contributed by atoms with E-state index < -0.39 is 0 Å². The monoisotopic (exact) mass is 221 g/mol. The first kappa shape index (κ1) is 10.5. The van der Waals surface area contributed by atoms with Crippen molar-refractivity contribution in [2.45, 2.75) is 13.0 Å². The second-order valence-electron chi connectivity index (χ2n) is 2.56. The second-order valence-corrected chi connectivity index (χ2v) is 3.31. The molecule has 0 aromatic carbocycles. The molecule has 1 heterocycles. The summed E-state index contributed by atoms with van der Waals surface area (Å²) in [5, 5.41) is 12.2. The highest BCUT2D eigenvalue weighted by Crippen LogP contribution is 2.19. The van der Waals surface area contributed by atoms with Crippen LogP contribution < -0.4 is 5.32 Å². The van der Waals surface area contributed by atoms with Gasteiger partial charge in [-0.15, -0.1) is 0 Å². The number of hydrogen-bond donors (Lipinski definition) is 2. The van der Waals surface area contributed by atoms with Crippen molar-refractivity contribution >= 4 is 29.0 Å². The molecule has 1 atom stereocenters. The van der Waals surface area contributed by atoms with Crippen molar-refractivity contribution < 1.29 is 5.11 Å². The Kier molecular flexibility index (Phi) is 3.71. The molecular formula is C7H9Cl2N3O. The van der Waals surface area contributed by atoms with Gasteiger partial charge in [0.2, 0.25) is 5.28 Å². The maximum Gasteiger partial charge on any atom is 0.224 e. The predicted octanol–water partition coefficient (Wildman–Crippen LogP) is 1.58. The van der Waals surface area contributed by atoms with Gasteiger partial charge in [-0.2, -0.15) is 4.98 Å². The summed E-state index contributed by atoms with van der Waals surface area (Å²) in [5.74, 6) is 0.434. The minimum Gasteiger partial charge on any atom is -0.394 e. The Hall–Kier alpha value is -0.580. The number of anilines is 1. The van der Waals surface area contributed by atoms with Crippen LogP contribution in [0, 0.1) is 0 Å². The minimum atomic E-state index is -0.122. The number of nitrogens with zero attached hydrogens (tertiary/aromatic N) is 2. The number of hydrogen-bond acceptors (Lipinski definition) is 4. The number of rotatable bonds is 3. The summed E-state index contributed by atoms with van der Waals surface area (Å²) in [5.41, 5.74) is 0. The van der Waals surface area contributed by atoms with Gasteiger partial charge in [-0.05, 0) is 18.5 Å². The van der Waals surface area contributed by atoms with E-state index in [1.165, 1.54) is 6.20 Å². The molecule has 1 aromatic heterocycles. The standard InChI is InChI=1S/C7H9Cl2N3O/c1-4(3-13)11-6-5(8)2-10-7(9)12-6/h2,4,13H,3H2,1H3,(H,10,11,12). The average molecular weight is 222 g/mol.